The van der Waals surface area contributed by atoms with Crippen LogP contribution in [0.1, 0.15) is 48.9 Å². The maximum atomic E-state index is 13.7. The molecule has 0 atom stereocenters. The number of carbonyl (C=O) groups is 2. The smallest absolute Gasteiger partial charge is 0.421 e. The predicted octanol–water partition coefficient (Wildman–Crippen LogP) is 4.55. The summed E-state index contributed by atoms with van der Waals surface area (Å²) < 4.78 is 121. The number of benzene rings is 1. The van der Waals surface area contributed by atoms with E-state index in [4.69, 9.17) is 4.74 Å². The average Bonchev–Trinajstić information content (AvgIpc) is 2.69. The fraction of sp³-hybridized carbons (Fsp3) is 0.636. The Morgan fingerprint density at radius 3 is 1.92 bits per heavy atom. The van der Waals surface area contributed by atoms with Crippen LogP contribution < -0.4 is 10.1 Å². The molecule has 1 aromatic rings. The highest BCUT2D eigenvalue weighted by Crippen LogP contribution is 2.60. The Kier molecular flexibility index (Phi) is 7.09. The van der Waals surface area contributed by atoms with Gasteiger partial charge in [0.25, 0.3) is 5.91 Å². The van der Waals surface area contributed by atoms with Gasteiger partial charge in [-0.3, -0.25) is 9.59 Å². The third-order valence-electron chi connectivity index (χ3n) is 7.55. The number of esters is 1. The average molecular weight is 668 g/mol. The summed E-state index contributed by atoms with van der Waals surface area (Å²) in [6.07, 6.45) is -8.19. The van der Waals surface area contributed by atoms with Crippen molar-refractivity contribution in [2.45, 2.75) is 56.4 Å². The Hall–Kier alpha value is -1.62. The fourth-order valence-electron chi connectivity index (χ4n) is 6.37. The van der Waals surface area contributed by atoms with Crippen molar-refractivity contribution in [3.63, 3.8) is 0 Å². The lowest BCUT2D eigenvalue weighted by molar-refractivity contribution is -0.296. The van der Waals surface area contributed by atoms with Crippen LogP contribution >= 0.6 is 22.6 Å². The van der Waals surface area contributed by atoms with Gasteiger partial charge in [0.05, 0.1) is 26.8 Å². The van der Waals surface area contributed by atoms with Crippen LogP contribution in [0.2, 0.25) is 0 Å². The molecule has 0 spiro atoms. The minimum atomic E-state index is -6.41. The van der Waals surface area contributed by atoms with E-state index >= 15 is 0 Å². The summed E-state index contributed by atoms with van der Waals surface area (Å²) in [5.41, 5.74) is -7.08. The Bertz CT molecular complexity index is 1170. The summed E-state index contributed by atoms with van der Waals surface area (Å²) in [5.74, 6) is -5.31. The van der Waals surface area contributed by atoms with Gasteiger partial charge in [-0.05, 0) is 97.1 Å². The molecule has 0 aromatic heterocycles. The Morgan fingerprint density at radius 2 is 1.49 bits per heavy atom. The maximum Gasteiger partial charge on any atom is 0.421 e. The van der Waals surface area contributed by atoms with Crippen LogP contribution in [-0.4, -0.2) is 48.5 Å². The highest BCUT2D eigenvalue weighted by Gasteiger charge is 2.72. The molecular formula is C22H21F6INO6S-. The van der Waals surface area contributed by atoms with Crippen molar-refractivity contribution in [1.82, 2.24) is 5.32 Å². The van der Waals surface area contributed by atoms with Gasteiger partial charge in [0.1, 0.15) is 5.75 Å². The minimum absolute atomic E-state index is 0.325. The largest absolute Gasteiger partial charge is 0.748 e. The monoisotopic (exact) mass is 668 g/mol. The van der Waals surface area contributed by atoms with Gasteiger partial charge in [-0.2, -0.15) is 26.3 Å². The van der Waals surface area contributed by atoms with Crippen molar-refractivity contribution in [2.75, 3.05) is 5.75 Å². The zero-order valence-corrected chi connectivity index (χ0v) is 21.9. The van der Waals surface area contributed by atoms with Gasteiger partial charge in [0, 0.05) is 3.57 Å². The molecule has 206 valence electrons. The number of ether oxygens (including phenoxy) is 1. The Balaban J connectivity index is 1.67. The van der Waals surface area contributed by atoms with Gasteiger partial charge in [0.15, 0.2) is 0 Å². The second kappa shape index (κ2) is 9.24. The van der Waals surface area contributed by atoms with Crippen LogP contribution in [0.3, 0.4) is 0 Å². The second-order valence-electron chi connectivity index (χ2n) is 10.3. The molecule has 0 unspecified atom stereocenters. The van der Waals surface area contributed by atoms with Gasteiger partial charge in [0.2, 0.25) is 5.54 Å². The van der Waals surface area contributed by atoms with Crippen molar-refractivity contribution >= 4 is 44.6 Å². The molecule has 1 N–H and O–H groups in total. The molecule has 0 heterocycles. The molecule has 7 nitrogen and oxygen atoms in total. The van der Waals surface area contributed by atoms with Gasteiger partial charge in [-0.25, -0.2) is 8.42 Å². The number of amides is 1. The van der Waals surface area contributed by atoms with Gasteiger partial charge in [-0.15, -0.1) is 0 Å². The van der Waals surface area contributed by atoms with E-state index in [1.54, 1.807) is 22.6 Å². The number of alkyl halides is 6. The lowest BCUT2D eigenvalue weighted by Crippen LogP contribution is -2.70. The maximum absolute atomic E-state index is 13.7. The van der Waals surface area contributed by atoms with E-state index in [-0.39, 0.29) is 0 Å². The number of hydrogen-bond acceptors (Lipinski definition) is 6. The molecule has 4 fully saturated rings. The van der Waals surface area contributed by atoms with E-state index in [1.807, 2.05) is 0 Å². The molecule has 5 rings (SSSR count). The van der Waals surface area contributed by atoms with E-state index in [0.717, 1.165) is 31.4 Å². The second-order valence-corrected chi connectivity index (χ2v) is 12.9. The van der Waals surface area contributed by atoms with Crippen LogP contribution in [0.4, 0.5) is 26.3 Å². The molecule has 0 radical (unpaired) electrons. The van der Waals surface area contributed by atoms with Gasteiger partial charge < -0.3 is 14.6 Å². The SMILES string of the molecule is O=C(NC(CS(=O)(=O)[O-])(C(F)(F)F)C(F)(F)F)c1ccc(I)cc1OC(=O)C12CC3CC(CC(C3)C1)C2. The first-order valence-electron chi connectivity index (χ1n) is 11.3. The highest BCUT2D eigenvalue weighted by molar-refractivity contribution is 14.1. The summed E-state index contributed by atoms with van der Waals surface area (Å²) in [5, 5.41) is 0.690. The van der Waals surface area contributed by atoms with E-state index in [1.165, 1.54) is 6.07 Å². The molecule has 0 saturated heterocycles. The normalized spacial score (nSPS) is 27.7. The lowest BCUT2D eigenvalue weighted by atomic mass is 9.49. The highest BCUT2D eigenvalue weighted by atomic mass is 127. The first-order valence-corrected chi connectivity index (χ1v) is 13.9. The van der Waals surface area contributed by atoms with Crippen LogP contribution in [-0.2, 0) is 14.9 Å². The summed E-state index contributed by atoms with van der Waals surface area (Å²) in [6, 6.07) is 3.16. The van der Waals surface area contributed by atoms with Crippen LogP contribution in [0, 0.1) is 26.7 Å². The summed E-state index contributed by atoms with van der Waals surface area (Å²) in [4.78, 5) is 26.1. The van der Waals surface area contributed by atoms with Crippen molar-refractivity contribution in [3.05, 3.63) is 27.3 Å². The Labute approximate surface area is 221 Å². The van der Waals surface area contributed by atoms with Crippen LogP contribution in [0.15, 0.2) is 18.2 Å². The third-order valence-corrected chi connectivity index (χ3v) is 9.01. The summed E-state index contributed by atoms with van der Waals surface area (Å²) in [6.45, 7) is 0. The summed E-state index contributed by atoms with van der Waals surface area (Å²) in [7, 11) is -6.13. The molecule has 4 aliphatic carbocycles. The number of halogens is 7. The first kappa shape index (κ1) is 28.4. The minimum Gasteiger partial charge on any atom is -0.748 e. The molecule has 4 saturated carbocycles. The first-order chi connectivity index (χ1) is 16.8. The molecule has 0 aliphatic heterocycles. The van der Waals surface area contributed by atoms with Crippen molar-refractivity contribution < 1.29 is 53.6 Å². The van der Waals surface area contributed by atoms with Gasteiger partial charge in [-0.1, -0.05) is 0 Å². The number of nitrogens with one attached hydrogen (secondary N) is 1. The third kappa shape index (κ3) is 5.44. The lowest BCUT2D eigenvalue weighted by Gasteiger charge is -2.55. The van der Waals surface area contributed by atoms with Crippen molar-refractivity contribution in [2.24, 2.45) is 23.2 Å². The molecule has 4 bridgehead atoms. The number of rotatable bonds is 6. The van der Waals surface area contributed by atoms with Crippen molar-refractivity contribution in [3.8, 4) is 5.75 Å². The van der Waals surface area contributed by atoms with E-state index in [9.17, 15) is 48.9 Å². The molecule has 37 heavy (non-hydrogen) atoms. The van der Waals surface area contributed by atoms with E-state index in [0.29, 0.717) is 45.9 Å². The quantitative estimate of drug-likeness (QED) is 0.157. The van der Waals surface area contributed by atoms with E-state index < -0.39 is 62.4 Å². The Morgan fingerprint density at radius 1 is 1.00 bits per heavy atom. The molecular weight excluding hydrogens is 647 g/mol. The van der Waals surface area contributed by atoms with Gasteiger partial charge >= 0.3 is 18.3 Å². The summed E-state index contributed by atoms with van der Waals surface area (Å²) >= 11 is 1.75. The van der Waals surface area contributed by atoms with Crippen molar-refractivity contribution in [1.29, 1.82) is 0 Å². The molecule has 15 heteroatoms. The zero-order chi connectivity index (χ0) is 27.6. The van der Waals surface area contributed by atoms with Crippen LogP contribution in [0.25, 0.3) is 0 Å². The topological polar surface area (TPSA) is 113 Å². The fourth-order valence-corrected chi connectivity index (χ4v) is 7.76. The number of carbonyl (C=O) groups excluding carboxylic acids is 2. The molecule has 4 aliphatic rings. The standard InChI is InChI=1S/C22H22F6INO6S/c23-21(24,25)20(22(26,27)28,10-37(33,34)35)30-17(31)15-2-1-14(29)6-16(15)36-18(32)19-7-11-3-12(8-19)5-13(4-11)9-19/h1-2,6,11-13H,3-5,7-10H2,(H,30,31)(H,33,34,35)/p-1. The zero-order valence-electron chi connectivity index (χ0n) is 18.9. The predicted molar refractivity (Wildman–Crippen MR) is 122 cm³/mol. The van der Waals surface area contributed by atoms with E-state index in [2.05, 4.69) is 0 Å². The molecule has 1 amide bonds. The number of hydrogen-bond donors (Lipinski definition) is 1. The van der Waals surface area contributed by atoms with Crippen LogP contribution in [0.5, 0.6) is 5.75 Å². The molecule has 1 aromatic carbocycles.